The summed E-state index contributed by atoms with van der Waals surface area (Å²) in [5, 5.41) is 2.61. The van der Waals surface area contributed by atoms with E-state index >= 15 is 0 Å². The molecule has 0 N–H and O–H groups in total. The van der Waals surface area contributed by atoms with Crippen LogP contribution in [0.2, 0.25) is 0 Å². The van der Waals surface area contributed by atoms with Crippen molar-refractivity contribution in [3.05, 3.63) is 90.5 Å². The van der Waals surface area contributed by atoms with Gasteiger partial charge in [-0.15, -0.1) is 0 Å². The lowest BCUT2D eigenvalue weighted by Gasteiger charge is -2.22. The number of hydrogen-bond donors (Lipinski definition) is 0. The summed E-state index contributed by atoms with van der Waals surface area (Å²) in [7, 11) is 0. The van der Waals surface area contributed by atoms with E-state index < -0.39 is 0 Å². The van der Waals surface area contributed by atoms with Gasteiger partial charge in [-0.3, -0.25) is 0 Å². The third-order valence-electron chi connectivity index (χ3n) is 6.16. The highest BCUT2D eigenvalue weighted by Crippen LogP contribution is 2.52. The molecule has 3 heteroatoms. The molecule has 0 saturated carbocycles. The van der Waals surface area contributed by atoms with Crippen LogP contribution < -0.4 is 0 Å². The quantitative estimate of drug-likeness (QED) is 0.373. The molecular formula is C25H19N3. The van der Waals surface area contributed by atoms with Crippen molar-refractivity contribution < 1.29 is 0 Å². The van der Waals surface area contributed by atoms with Crippen molar-refractivity contribution in [1.82, 2.24) is 14.5 Å². The standard InChI is InChI=1S/C25H19N3/c1-25(2)20-9-5-3-7-17(20)18-11-12-22-23(24(18)25)19-8-4-6-10-21(19)28(22)16-13-26-15-27-14-16/h3-15H,1-2H3. The Morgan fingerprint density at radius 3 is 2.36 bits per heavy atom. The van der Waals surface area contributed by atoms with Crippen LogP contribution in [0.3, 0.4) is 0 Å². The first kappa shape index (κ1) is 15.6. The summed E-state index contributed by atoms with van der Waals surface area (Å²) in [6.07, 6.45) is 5.34. The van der Waals surface area contributed by atoms with Crippen LogP contribution in [0, 0.1) is 0 Å². The molecule has 28 heavy (non-hydrogen) atoms. The smallest absolute Gasteiger partial charge is 0.115 e. The van der Waals surface area contributed by atoms with Crippen LogP contribution in [0.25, 0.3) is 38.6 Å². The minimum Gasteiger partial charge on any atom is -0.306 e. The van der Waals surface area contributed by atoms with Gasteiger partial charge in [0.1, 0.15) is 6.33 Å². The fourth-order valence-electron chi connectivity index (χ4n) is 5.02. The first-order chi connectivity index (χ1) is 13.7. The highest BCUT2D eigenvalue weighted by Gasteiger charge is 2.37. The summed E-state index contributed by atoms with van der Waals surface area (Å²) in [4.78, 5) is 8.51. The molecule has 1 aliphatic rings. The van der Waals surface area contributed by atoms with Gasteiger partial charge in [0.2, 0.25) is 0 Å². The molecule has 0 bridgehead atoms. The molecule has 2 heterocycles. The van der Waals surface area contributed by atoms with Crippen LogP contribution in [0.5, 0.6) is 0 Å². The molecule has 1 aliphatic carbocycles. The number of hydrogen-bond acceptors (Lipinski definition) is 2. The highest BCUT2D eigenvalue weighted by molar-refractivity contribution is 6.14. The molecule has 0 fully saturated rings. The van der Waals surface area contributed by atoms with E-state index in [0.717, 1.165) is 5.69 Å². The second kappa shape index (κ2) is 5.29. The summed E-state index contributed by atoms with van der Waals surface area (Å²) in [6.45, 7) is 4.68. The first-order valence-electron chi connectivity index (χ1n) is 9.60. The van der Waals surface area contributed by atoms with Crippen molar-refractivity contribution in [2.75, 3.05) is 0 Å². The highest BCUT2D eigenvalue weighted by atomic mass is 15.0. The number of fused-ring (bicyclic) bond motifs is 7. The van der Waals surface area contributed by atoms with Gasteiger partial charge in [0.05, 0.1) is 29.1 Å². The lowest BCUT2D eigenvalue weighted by atomic mass is 9.80. The van der Waals surface area contributed by atoms with Crippen LogP contribution in [-0.4, -0.2) is 14.5 Å². The summed E-state index contributed by atoms with van der Waals surface area (Å²) < 4.78 is 2.28. The Morgan fingerprint density at radius 2 is 1.50 bits per heavy atom. The van der Waals surface area contributed by atoms with Crippen LogP contribution in [0.15, 0.2) is 79.4 Å². The lowest BCUT2D eigenvalue weighted by molar-refractivity contribution is 0.666. The molecule has 0 saturated heterocycles. The summed E-state index contributed by atoms with van der Waals surface area (Å²) in [5.41, 5.74) is 8.85. The molecule has 0 aliphatic heterocycles. The van der Waals surface area contributed by atoms with Gasteiger partial charge in [-0.2, -0.15) is 0 Å². The Morgan fingerprint density at radius 1 is 0.750 bits per heavy atom. The van der Waals surface area contributed by atoms with Crippen molar-refractivity contribution in [2.45, 2.75) is 19.3 Å². The van der Waals surface area contributed by atoms with Gasteiger partial charge >= 0.3 is 0 Å². The Bertz CT molecular complexity index is 1380. The zero-order valence-corrected chi connectivity index (χ0v) is 15.8. The van der Waals surface area contributed by atoms with Crippen LogP contribution >= 0.6 is 0 Å². The van der Waals surface area contributed by atoms with Crippen LogP contribution in [0.4, 0.5) is 0 Å². The monoisotopic (exact) mass is 361 g/mol. The maximum atomic E-state index is 4.26. The van der Waals surface area contributed by atoms with E-state index in [-0.39, 0.29) is 5.41 Å². The molecule has 3 nitrogen and oxygen atoms in total. The lowest BCUT2D eigenvalue weighted by Crippen LogP contribution is -2.15. The molecule has 0 unspecified atom stereocenters. The number of aromatic nitrogens is 3. The minimum absolute atomic E-state index is 0.0480. The van der Waals surface area contributed by atoms with Crippen molar-refractivity contribution in [2.24, 2.45) is 0 Å². The molecule has 0 spiro atoms. The van der Waals surface area contributed by atoms with Gasteiger partial charge < -0.3 is 4.57 Å². The molecule has 134 valence electrons. The zero-order valence-electron chi connectivity index (χ0n) is 15.8. The fourth-order valence-corrected chi connectivity index (χ4v) is 5.02. The fraction of sp³-hybridized carbons (Fsp3) is 0.120. The second-order valence-electron chi connectivity index (χ2n) is 8.00. The topological polar surface area (TPSA) is 30.7 Å². The van der Waals surface area contributed by atoms with Gasteiger partial charge in [-0.25, -0.2) is 9.97 Å². The maximum Gasteiger partial charge on any atom is 0.115 e. The molecule has 5 aromatic rings. The van der Waals surface area contributed by atoms with Crippen molar-refractivity contribution in [1.29, 1.82) is 0 Å². The van der Waals surface area contributed by atoms with Gasteiger partial charge in [-0.1, -0.05) is 62.4 Å². The second-order valence-corrected chi connectivity index (χ2v) is 8.00. The number of nitrogens with zero attached hydrogens (tertiary/aromatic N) is 3. The van der Waals surface area contributed by atoms with E-state index in [1.807, 2.05) is 12.4 Å². The molecular weight excluding hydrogens is 342 g/mol. The van der Waals surface area contributed by atoms with E-state index in [1.54, 1.807) is 6.33 Å². The summed E-state index contributed by atoms with van der Waals surface area (Å²) in [5.74, 6) is 0. The SMILES string of the molecule is CC1(C)c2ccccc2-c2ccc3c(c21)c1ccccc1n3-c1cncnc1. The first-order valence-corrected chi connectivity index (χ1v) is 9.60. The van der Waals surface area contributed by atoms with Gasteiger partial charge in [0.25, 0.3) is 0 Å². The third-order valence-corrected chi connectivity index (χ3v) is 6.16. The van der Waals surface area contributed by atoms with Crippen molar-refractivity contribution >= 4 is 21.8 Å². The Balaban J connectivity index is 1.83. The largest absolute Gasteiger partial charge is 0.306 e. The predicted octanol–water partition coefficient (Wildman–Crippen LogP) is 5.88. The molecule has 6 rings (SSSR count). The summed E-state index contributed by atoms with van der Waals surface area (Å²) >= 11 is 0. The van der Waals surface area contributed by atoms with Crippen molar-refractivity contribution in [3.8, 4) is 16.8 Å². The van der Waals surface area contributed by atoms with Crippen LogP contribution in [-0.2, 0) is 5.41 Å². The van der Waals surface area contributed by atoms with E-state index in [9.17, 15) is 0 Å². The average molecular weight is 361 g/mol. The zero-order chi connectivity index (χ0) is 18.9. The molecule has 0 atom stereocenters. The van der Waals surface area contributed by atoms with Crippen LogP contribution in [0.1, 0.15) is 25.0 Å². The van der Waals surface area contributed by atoms with Gasteiger partial charge in [0, 0.05) is 16.2 Å². The molecule has 0 amide bonds. The van der Waals surface area contributed by atoms with E-state index in [4.69, 9.17) is 0 Å². The molecule has 0 radical (unpaired) electrons. The summed E-state index contributed by atoms with van der Waals surface area (Å²) in [6, 6.07) is 22.0. The van der Waals surface area contributed by atoms with E-state index in [2.05, 4.69) is 89.0 Å². The third kappa shape index (κ3) is 1.83. The minimum atomic E-state index is -0.0480. The Kier molecular flexibility index (Phi) is 2.95. The Labute approximate surface area is 163 Å². The molecule has 2 aromatic heterocycles. The van der Waals surface area contributed by atoms with E-state index in [0.29, 0.717) is 0 Å². The molecule has 3 aromatic carbocycles. The number of para-hydroxylation sites is 1. The number of benzene rings is 3. The normalized spacial score (nSPS) is 14.4. The Hall–Kier alpha value is -3.46. The predicted molar refractivity (Wildman–Crippen MR) is 114 cm³/mol. The van der Waals surface area contributed by atoms with Gasteiger partial charge in [-0.05, 0) is 34.4 Å². The van der Waals surface area contributed by atoms with Gasteiger partial charge in [0.15, 0.2) is 0 Å². The van der Waals surface area contributed by atoms with E-state index in [1.165, 1.54) is 44.1 Å². The maximum absolute atomic E-state index is 4.26. The number of rotatable bonds is 1. The van der Waals surface area contributed by atoms with Crippen molar-refractivity contribution in [3.63, 3.8) is 0 Å². The average Bonchev–Trinajstić information content (AvgIpc) is 3.19.